The average Bonchev–Trinajstić information content (AvgIpc) is 2.94. The molecule has 0 saturated carbocycles. The van der Waals surface area contributed by atoms with Crippen LogP contribution in [0.3, 0.4) is 0 Å². The fourth-order valence-electron chi connectivity index (χ4n) is 2.60. The molecular formula is C16H12Cl2N2O4. The second kappa shape index (κ2) is 6.67. The lowest BCUT2D eigenvalue weighted by Gasteiger charge is -2.17. The van der Waals surface area contributed by atoms with Gasteiger partial charge in [0.15, 0.2) is 6.61 Å². The number of hydrogen-bond acceptors (Lipinski definition) is 4. The number of nitro benzene ring substituents is 1. The van der Waals surface area contributed by atoms with Crippen LogP contribution >= 0.6 is 23.2 Å². The highest BCUT2D eigenvalue weighted by atomic mass is 35.5. The molecule has 0 N–H and O–H groups in total. The summed E-state index contributed by atoms with van der Waals surface area (Å²) in [6.45, 7) is 0.294. The van der Waals surface area contributed by atoms with Crippen LogP contribution in [-0.2, 0) is 11.2 Å². The molecule has 0 spiro atoms. The maximum Gasteiger partial charge on any atom is 0.269 e. The van der Waals surface area contributed by atoms with Crippen LogP contribution in [0.25, 0.3) is 0 Å². The quantitative estimate of drug-likeness (QED) is 0.608. The Bertz CT molecular complexity index is 805. The first-order valence-corrected chi connectivity index (χ1v) is 7.86. The van der Waals surface area contributed by atoms with Crippen molar-refractivity contribution in [3.05, 3.63) is 62.1 Å². The van der Waals surface area contributed by atoms with Crippen molar-refractivity contribution in [2.24, 2.45) is 0 Å². The lowest BCUT2D eigenvalue weighted by atomic mass is 10.1. The van der Waals surface area contributed by atoms with Crippen molar-refractivity contribution in [2.75, 3.05) is 18.1 Å². The number of anilines is 1. The summed E-state index contributed by atoms with van der Waals surface area (Å²) in [4.78, 5) is 24.3. The van der Waals surface area contributed by atoms with Gasteiger partial charge >= 0.3 is 0 Å². The summed E-state index contributed by atoms with van der Waals surface area (Å²) in [7, 11) is 0. The second-order valence-corrected chi connectivity index (χ2v) is 6.13. The molecule has 0 aromatic heterocycles. The molecule has 2 aromatic rings. The molecule has 0 bridgehead atoms. The SMILES string of the molecule is O=C(COc1cc(Cl)cc(Cl)c1)N1CCc2cc([N+](=O)[O-])ccc21. The third kappa shape index (κ3) is 3.44. The predicted molar refractivity (Wildman–Crippen MR) is 91.1 cm³/mol. The largest absolute Gasteiger partial charge is 0.484 e. The Kier molecular flexibility index (Phi) is 4.59. The number of hydrogen-bond donors (Lipinski definition) is 0. The first kappa shape index (κ1) is 16.5. The van der Waals surface area contributed by atoms with Crippen LogP contribution in [-0.4, -0.2) is 24.0 Å². The van der Waals surface area contributed by atoms with Crippen LogP contribution < -0.4 is 9.64 Å². The summed E-state index contributed by atoms with van der Waals surface area (Å²) in [5, 5.41) is 11.7. The van der Waals surface area contributed by atoms with Gasteiger partial charge in [-0.2, -0.15) is 0 Å². The molecular weight excluding hydrogens is 355 g/mol. The molecule has 1 aliphatic rings. The lowest BCUT2D eigenvalue weighted by Crippen LogP contribution is -2.33. The topological polar surface area (TPSA) is 72.7 Å². The van der Waals surface area contributed by atoms with E-state index in [4.69, 9.17) is 27.9 Å². The Balaban J connectivity index is 1.70. The Hall–Kier alpha value is -2.31. The highest BCUT2D eigenvalue weighted by molar-refractivity contribution is 6.34. The zero-order valence-electron chi connectivity index (χ0n) is 12.4. The number of fused-ring (bicyclic) bond motifs is 1. The molecule has 0 fully saturated rings. The molecule has 6 nitrogen and oxygen atoms in total. The van der Waals surface area contributed by atoms with Gasteiger partial charge in [-0.15, -0.1) is 0 Å². The molecule has 0 aliphatic carbocycles. The molecule has 0 unspecified atom stereocenters. The number of carbonyl (C=O) groups excluding carboxylic acids is 1. The summed E-state index contributed by atoms with van der Waals surface area (Å²) >= 11 is 11.8. The van der Waals surface area contributed by atoms with E-state index >= 15 is 0 Å². The molecule has 1 amide bonds. The maximum atomic E-state index is 12.4. The van der Waals surface area contributed by atoms with Crippen LogP contribution in [0, 0.1) is 10.1 Å². The van der Waals surface area contributed by atoms with E-state index in [2.05, 4.69) is 0 Å². The molecule has 3 rings (SSSR count). The molecule has 0 saturated heterocycles. The molecule has 24 heavy (non-hydrogen) atoms. The number of nitro groups is 1. The van der Waals surface area contributed by atoms with Crippen molar-refractivity contribution >= 4 is 40.5 Å². The van der Waals surface area contributed by atoms with Gasteiger partial charge in [-0.3, -0.25) is 14.9 Å². The predicted octanol–water partition coefficient (Wildman–Crippen LogP) is 3.87. The number of halogens is 2. The Morgan fingerprint density at radius 1 is 1.21 bits per heavy atom. The van der Waals surface area contributed by atoms with Crippen molar-refractivity contribution in [3.63, 3.8) is 0 Å². The van der Waals surface area contributed by atoms with Gasteiger partial charge in [0.05, 0.1) is 4.92 Å². The summed E-state index contributed by atoms with van der Waals surface area (Å²) in [5.41, 5.74) is 1.48. The van der Waals surface area contributed by atoms with Gasteiger partial charge in [-0.05, 0) is 36.2 Å². The van der Waals surface area contributed by atoms with E-state index in [-0.39, 0.29) is 18.2 Å². The van der Waals surface area contributed by atoms with Gasteiger partial charge in [0.2, 0.25) is 0 Å². The number of nitrogens with zero attached hydrogens (tertiary/aromatic N) is 2. The zero-order chi connectivity index (χ0) is 17.3. The van der Waals surface area contributed by atoms with E-state index in [9.17, 15) is 14.9 Å². The summed E-state index contributed by atoms with van der Waals surface area (Å²) in [5.74, 6) is 0.169. The smallest absolute Gasteiger partial charge is 0.269 e. The number of benzene rings is 2. The molecule has 0 atom stereocenters. The highest BCUT2D eigenvalue weighted by Gasteiger charge is 2.26. The maximum absolute atomic E-state index is 12.4. The molecule has 0 radical (unpaired) electrons. The fourth-order valence-corrected chi connectivity index (χ4v) is 3.10. The first-order valence-electron chi connectivity index (χ1n) is 7.10. The lowest BCUT2D eigenvalue weighted by molar-refractivity contribution is -0.384. The Morgan fingerprint density at radius 2 is 1.92 bits per heavy atom. The van der Waals surface area contributed by atoms with E-state index in [1.165, 1.54) is 12.1 Å². The number of rotatable bonds is 4. The first-order chi connectivity index (χ1) is 11.4. The third-order valence-corrected chi connectivity index (χ3v) is 4.11. The van der Waals surface area contributed by atoms with Crippen LogP contribution in [0.1, 0.15) is 5.56 Å². The van der Waals surface area contributed by atoms with Crippen LogP contribution in [0.4, 0.5) is 11.4 Å². The molecule has 124 valence electrons. The van der Waals surface area contributed by atoms with E-state index in [1.807, 2.05) is 0 Å². The van der Waals surface area contributed by atoms with Gasteiger partial charge in [-0.1, -0.05) is 23.2 Å². The van der Waals surface area contributed by atoms with Gasteiger partial charge < -0.3 is 9.64 Å². The van der Waals surface area contributed by atoms with Crippen molar-refractivity contribution in [1.82, 2.24) is 0 Å². The van der Waals surface area contributed by atoms with Crippen molar-refractivity contribution in [2.45, 2.75) is 6.42 Å². The molecule has 1 heterocycles. The van der Waals surface area contributed by atoms with Crippen LogP contribution in [0.15, 0.2) is 36.4 Å². The van der Waals surface area contributed by atoms with Gasteiger partial charge in [0.25, 0.3) is 11.6 Å². The summed E-state index contributed by atoms with van der Waals surface area (Å²) < 4.78 is 5.45. The minimum absolute atomic E-state index is 0.0212. The number of non-ortho nitro benzene ring substituents is 1. The molecule has 8 heteroatoms. The summed E-state index contributed by atoms with van der Waals surface area (Å²) in [6.07, 6.45) is 0.575. The van der Waals surface area contributed by atoms with E-state index in [0.29, 0.717) is 34.4 Å². The van der Waals surface area contributed by atoms with Crippen LogP contribution in [0.5, 0.6) is 5.75 Å². The molecule has 2 aromatic carbocycles. The minimum atomic E-state index is -0.448. The molecule has 1 aliphatic heterocycles. The minimum Gasteiger partial charge on any atom is -0.484 e. The zero-order valence-corrected chi connectivity index (χ0v) is 13.9. The third-order valence-electron chi connectivity index (χ3n) is 3.67. The van der Waals surface area contributed by atoms with Gasteiger partial charge in [0, 0.05) is 34.4 Å². The number of ether oxygens (including phenoxy) is 1. The van der Waals surface area contributed by atoms with Gasteiger partial charge in [-0.25, -0.2) is 0 Å². The monoisotopic (exact) mass is 366 g/mol. The Morgan fingerprint density at radius 3 is 2.58 bits per heavy atom. The number of amides is 1. The van der Waals surface area contributed by atoms with Crippen molar-refractivity contribution in [1.29, 1.82) is 0 Å². The van der Waals surface area contributed by atoms with E-state index in [0.717, 1.165) is 5.56 Å². The van der Waals surface area contributed by atoms with Crippen molar-refractivity contribution in [3.8, 4) is 5.75 Å². The van der Waals surface area contributed by atoms with Crippen molar-refractivity contribution < 1.29 is 14.5 Å². The van der Waals surface area contributed by atoms with E-state index < -0.39 is 4.92 Å². The van der Waals surface area contributed by atoms with E-state index in [1.54, 1.807) is 29.2 Å². The van der Waals surface area contributed by atoms with Gasteiger partial charge in [0.1, 0.15) is 5.75 Å². The highest BCUT2D eigenvalue weighted by Crippen LogP contribution is 2.31. The average molecular weight is 367 g/mol. The number of carbonyl (C=O) groups is 1. The van der Waals surface area contributed by atoms with Crippen LogP contribution in [0.2, 0.25) is 10.0 Å². The fraction of sp³-hybridized carbons (Fsp3) is 0.188. The Labute approximate surface area is 147 Å². The second-order valence-electron chi connectivity index (χ2n) is 5.26. The standard InChI is InChI=1S/C16H12Cl2N2O4/c17-11-6-12(18)8-14(7-11)24-9-16(21)19-4-3-10-5-13(20(22)23)1-2-15(10)19/h1-2,5-8H,3-4,9H2. The summed E-state index contributed by atoms with van der Waals surface area (Å²) in [6, 6.07) is 9.20. The normalized spacial score (nSPS) is 12.8.